The highest BCUT2D eigenvalue weighted by Gasteiger charge is 2.45. The molecule has 0 aliphatic heterocycles. The van der Waals surface area contributed by atoms with Crippen LogP contribution in [0.3, 0.4) is 0 Å². The van der Waals surface area contributed by atoms with E-state index in [4.69, 9.17) is 4.98 Å². The van der Waals surface area contributed by atoms with Gasteiger partial charge in [0.25, 0.3) is 0 Å². The molecule has 0 N–H and O–H groups in total. The van der Waals surface area contributed by atoms with E-state index >= 15 is 4.39 Å². The van der Waals surface area contributed by atoms with Gasteiger partial charge in [-0.15, -0.1) is 11.3 Å². The largest absolute Gasteiger partial charge is 0.265 e. The first-order valence-corrected chi connectivity index (χ1v) is 11.5. The third-order valence-electron chi connectivity index (χ3n) is 6.36. The van der Waals surface area contributed by atoms with Crippen molar-refractivity contribution in [2.24, 2.45) is 10.9 Å². The molecule has 0 spiro atoms. The maximum Gasteiger partial charge on any atom is 0.137 e. The molecule has 0 aliphatic carbocycles. The first-order valence-electron chi connectivity index (χ1n) is 10.7. The summed E-state index contributed by atoms with van der Waals surface area (Å²) in [5, 5.41) is 7.15. The van der Waals surface area contributed by atoms with Crippen LogP contribution in [0.5, 0.6) is 0 Å². The van der Waals surface area contributed by atoms with Gasteiger partial charge >= 0.3 is 0 Å². The van der Waals surface area contributed by atoms with Crippen molar-refractivity contribution in [1.82, 2.24) is 19.7 Å². The summed E-state index contributed by atoms with van der Waals surface area (Å²) >= 11 is 1.53. The molecule has 8 heteroatoms. The van der Waals surface area contributed by atoms with Crippen molar-refractivity contribution in [3.8, 4) is 11.3 Å². The molecule has 170 valence electrons. The highest BCUT2D eigenvalue weighted by molar-refractivity contribution is 7.10. The minimum atomic E-state index is -0.739. The number of rotatable bonds is 8. The summed E-state index contributed by atoms with van der Waals surface area (Å²) in [6, 6.07) is 11.5. The molecule has 0 radical (unpaired) electrons. The second kappa shape index (κ2) is 9.31. The average molecular weight is 466 g/mol. The lowest BCUT2D eigenvalue weighted by Crippen LogP contribution is -2.43. The molecule has 33 heavy (non-hydrogen) atoms. The van der Waals surface area contributed by atoms with Gasteiger partial charge in [0.1, 0.15) is 24.3 Å². The van der Waals surface area contributed by atoms with Gasteiger partial charge in [0.2, 0.25) is 0 Å². The standard InChI is InChI=1S/C25H25F2N5S/c1-16(2)25(13-32-15-29-14-30-32,21-10-7-19(26)11-22(21)27)17(3)24-31-23(12-33-24)18-5-8-20(28-4)9-6-18/h5-12,14-17H,4,13H2,1-3H3/t17-,25+/m0/s1. The summed E-state index contributed by atoms with van der Waals surface area (Å²) in [5.41, 5.74) is 2.31. The fourth-order valence-electron chi connectivity index (χ4n) is 4.48. The molecule has 0 aliphatic rings. The molecule has 2 heterocycles. The number of nitrogens with zero attached hydrogens (tertiary/aromatic N) is 5. The van der Waals surface area contributed by atoms with E-state index in [9.17, 15) is 4.39 Å². The average Bonchev–Trinajstić information content (AvgIpc) is 3.49. The summed E-state index contributed by atoms with van der Waals surface area (Å²) in [6.45, 7) is 10.1. The molecule has 2 aromatic carbocycles. The molecule has 2 aromatic heterocycles. The molecule has 0 saturated heterocycles. The van der Waals surface area contributed by atoms with Crippen LogP contribution in [0.2, 0.25) is 0 Å². The molecule has 0 unspecified atom stereocenters. The number of halogens is 2. The first-order chi connectivity index (χ1) is 15.8. The summed E-state index contributed by atoms with van der Waals surface area (Å²) < 4.78 is 30.7. The van der Waals surface area contributed by atoms with Crippen LogP contribution in [0.1, 0.15) is 37.3 Å². The molecule has 4 rings (SSSR count). The van der Waals surface area contributed by atoms with E-state index in [1.165, 1.54) is 23.7 Å². The summed E-state index contributed by atoms with van der Waals surface area (Å²) in [6.07, 6.45) is 3.08. The van der Waals surface area contributed by atoms with Crippen molar-refractivity contribution >= 4 is 23.7 Å². The Labute approximate surface area is 195 Å². The highest BCUT2D eigenvalue weighted by Crippen LogP contribution is 2.48. The Morgan fingerprint density at radius 1 is 1.12 bits per heavy atom. The molecule has 5 nitrogen and oxygen atoms in total. The number of aliphatic imine (C=N–C) groups is 1. The number of thiazole rings is 1. The molecule has 4 aromatic rings. The Hall–Kier alpha value is -3.26. The molecular weight excluding hydrogens is 440 g/mol. The van der Waals surface area contributed by atoms with E-state index in [0.29, 0.717) is 12.1 Å². The topological polar surface area (TPSA) is 56.0 Å². The highest BCUT2D eigenvalue weighted by atomic mass is 32.1. The van der Waals surface area contributed by atoms with E-state index in [-0.39, 0.29) is 11.8 Å². The third kappa shape index (κ3) is 4.35. The van der Waals surface area contributed by atoms with Gasteiger partial charge in [-0.1, -0.05) is 39.0 Å². The zero-order valence-corrected chi connectivity index (χ0v) is 19.6. The van der Waals surface area contributed by atoms with Crippen LogP contribution in [-0.4, -0.2) is 26.5 Å². The predicted molar refractivity (Wildman–Crippen MR) is 128 cm³/mol. The smallest absolute Gasteiger partial charge is 0.137 e. The van der Waals surface area contributed by atoms with Gasteiger partial charge in [0, 0.05) is 28.3 Å². The van der Waals surface area contributed by atoms with Crippen LogP contribution in [0.15, 0.2) is 65.5 Å². The molecule has 0 saturated carbocycles. The summed E-state index contributed by atoms with van der Waals surface area (Å²) in [4.78, 5) is 12.9. The predicted octanol–water partition coefficient (Wildman–Crippen LogP) is 6.41. The second-order valence-corrected chi connectivity index (χ2v) is 9.30. The molecule has 2 atom stereocenters. The van der Waals surface area contributed by atoms with Gasteiger partial charge < -0.3 is 0 Å². The van der Waals surface area contributed by atoms with Crippen molar-refractivity contribution in [1.29, 1.82) is 0 Å². The van der Waals surface area contributed by atoms with Gasteiger partial charge in [0.05, 0.1) is 22.9 Å². The van der Waals surface area contributed by atoms with Crippen LogP contribution in [0.4, 0.5) is 14.5 Å². The Balaban J connectivity index is 1.81. The summed E-state index contributed by atoms with van der Waals surface area (Å²) in [7, 11) is 0. The summed E-state index contributed by atoms with van der Waals surface area (Å²) in [5.74, 6) is -1.37. The van der Waals surface area contributed by atoms with E-state index in [1.54, 1.807) is 17.1 Å². The van der Waals surface area contributed by atoms with Crippen LogP contribution in [-0.2, 0) is 12.0 Å². The van der Waals surface area contributed by atoms with Gasteiger partial charge in [-0.3, -0.25) is 9.67 Å². The maximum atomic E-state index is 15.2. The van der Waals surface area contributed by atoms with Crippen molar-refractivity contribution in [2.45, 2.75) is 38.6 Å². The van der Waals surface area contributed by atoms with Crippen LogP contribution in [0.25, 0.3) is 11.3 Å². The minimum Gasteiger partial charge on any atom is -0.265 e. The first kappa shape index (κ1) is 22.9. The van der Waals surface area contributed by atoms with Crippen molar-refractivity contribution in [3.63, 3.8) is 0 Å². The molecular formula is C25H25F2N5S. The van der Waals surface area contributed by atoms with E-state index in [1.807, 2.05) is 50.4 Å². The van der Waals surface area contributed by atoms with Crippen LogP contribution in [0, 0.1) is 17.6 Å². The Bertz CT molecular complexity index is 1230. The fourth-order valence-corrected chi connectivity index (χ4v) is 5.46. The monoisotopic (exact) mass is 465 g/mol. The minimum absolute atomic E-state index is 0.0121. The lowest BCUT2D eigenvalue weighted by Gasteiger charge is -2.42. The van der Waals surface area contributed by atoms with E-state index < -0.39 is 17.0 Å². The normalized spacial score (nSPS) is 14.2. The quantitative estimate of drug-likeness (QED) is 0.283. The van der Waals surface area contributed by atoms with Gasteiger partial charge in [-0.05, 0) is 36.4 Å². The van der Waals surface area contributed by atoms with Crippen LogP contribution < -0.4 is 0 Å². The van der Waals surface area contributed by atoms with Gasteiger partial charge in [-0.2, -0.15) is 5.10 Å². The fraction of sp³-hybridized carbons (Fsp3) is 0.280. The third-order valence-corrected chi connectivity index (χ3v) is 7.39. The molecule has 0 amide bonds. The number of benzene rings is 2. The second-order valence-electron chi connectivity index (χ2n) is 8.41. The number of hydrogen-bond donors (Lipinski definition) is 0. The van der Waals surface area contributed by atoms with Gasteiger partial charge in [-0.25, -0.2) is 18.7 Å². The van der Waals surface area contributed by atoms with Crippen molar-refractivity contribution < 1.29 is 8.78 Å². The molecule has 0 bridgehead atoms. The lowest BCUT2D eigenvalue weighted by molar-refractivity contribution is 0.205. The Morgan fingerprint density at radius 3 is 2.48 bits per heavy atom. The van der Waals surface area contributed by atoms with Crippen LogP contribution >= 0.6 is 11.3 Å². The Morgan fingerprint density at radius 2 is 1.88 bits per heavy atom. The SMILES string of the molecule is C=Nc1ccc(-c2csc([C@H](C)[C@](Cn3cncn3)(c3ccc(F)cc3F)C(C)C)n2)cc1. The zero-order chi connectivity index (χ0) is 23.6. The number of hydrogen-bond acceptors (Lipinski definition) is 5. The zero-order valence-electron chi connectivity index (χ0n) is 18.7. The van der Waals surface area contributed by atoms with E-state index in [0.717, 1.165) is 28.0 Å². The maximum absolute atomic E-state index is 15.2. The lowest BCUT2D eigenvalue weighted by atomic mass is 9.63. The number of aromatic nitrogens is 4. The van der Waals surface area contributed by atoms with Crippen molar-refractivity contribution in [2.75, 3.05) is 0 Å². The van der Waals surface area contributed by atoms with E-state index in [2.05, 4.69) is 21.8 Å². The van der Waals surface area contributed by atoms with Crippen molar-refractivity contribution in [3.05, 3.63) is 82.7 Å². The Kier molecular flexibility index (Phi) is 6.47. The molecule has 0 fully saturated rings. The van der Waals surface area contributed by atoms with Gasteiger partial charge in [0.15, 0.2) is 0 Å².